The van der Waals surface area contributed by atoms with Crippen LogP contribution in [0.15, 0.2) is 42.5 Å². The van der Waals surface area contributed by atoms with Gasteiger partial charge in [-0.3, -0.25) is 0 Å². The molecule has 0 N–H and O–H groups in total. The van der Waals surface area contributed by atoms with Gasteiger partial charge in [-0.2, -0.15) is 5.26 Å². The molecule has 0 heterocycles. The van der Waals surface area contributed by atoms with Crippen molar-refractivity contribution in [2.24, 2.45) is 17.8 Å². The van der Waals surface area contributed by atoms with Gasteiger partial charge in [0.25, 0.3) is 0 Å². The van der Waals surface area contributed by atoms with E-state index in [-0.39, 0.29) is 11.5 Å². The zero-order valence-electron chi connectivity index (χ0n) is 22.7. The molecule has 2 aromatic carbocycles. The average Bonchev–Trinajstić information content (AvgIpc) is 2.93. The van der Waals surface area contributed by atoms with Crippen molar-refractivity contribution in [3.05, 3.63) is 76.6 Å². The molecule has 0 saturated heterocycles. The Labute approximate surface area is 230 Å². The van der Waals surface area contributed by atoms with Gasteiger partial charge in [-0.25, -0.2) is 18.0 Å². The van der Waals surface area contributed by atoms with E-state index in [4.69, 9.17) is 10.00 Å². The van der Waals surface area contributed by atoms with Crippen LogP contribution in [0, 0.1) is 46.5 Å². The Hall–Kier alpha value is -3.07. The summed E-state index contributed by atoms with van der Waals surface area (Å²) in [7, 11) is 0. The van der Waals surface area contributed by atoms with Crippen LogP contribution < -0.4 is 4.74 Å². The average molecular weight is 538 g/mol. The van der Waals surface area contributed by atoms with Gasteiger partial charge in [0, 0.05) is 12.1 Å². The summed E-state index contributed by atoms with van der Waals surface area (Å²) in [6, 6.07) is 7.35. The third kappa shape index (κ3) is 7.75. The van der Waals surface area contributed by atoms with E-state index >= 15 is 0 Å². The fraction of sp³-hybridized carbons (Fsp3) is 0.515. The second-order valence-corrected chi connectivity index (χ2v) is 11.3. The molecule has 2 aliphatic carbocycles. The number of halogens is 3. The first kappa shape index (κ1) is 28.9. The summed E-state index contributed by atoms with van der Waals surface area (Å²) < 4.78 is 47.4. The zero-order valence-corrected chi connectivity index (χ0v) is 22.7. The molecule has 0 atom stereocenters. The van der Waals surface area contributed by atoms with Crippen molar-refractivity contribution in [1.29, 1.82) is 5.26 Å². The molecule has 2 aliphatic rings. The van der Waals surface area contributed by atoms with Crippen molar-refractivity contribution >= 4 is 5.97 Å². The Morgan fingerprint density at radius 3 is 2.08 bits per heavy atom. The number of unbranched alkanes of at least 4 members (excludes halogenated alkanes) is 2. The maximum absolute atomic E-state index is 14.8. The highest BCUT2D eigenvalue weighted by Gasteiger charge is 2.25. The van der Waals surface area contributed by atoms with Crippen LogP contribution >= 0.6 is 0 Å². The fourth-order valence-electron chi connectivity index (χ4n) is 6.14. The minimum Gasteiger partial charge on any atom is -0.423 e. The van der Waals surface area contributed by atoms with Crippen molar-refractivity contribution in [2.45, 2.75) is 89.9 Å². The molecule has 0 amide bonds. The fourth-order valence-corrected chi connectivity index (χ4v) is 6.14. The van der Waals surface area contributed by atoms with E-state index in [9.17, 15) is 18.0 Å². The van der Waals surface area contributed by atoms with Crippen LogP contribution in [-0.2, 0) is 0 Å². The summed E-state index contributed by atoms with van der Waals surface area (Å²) in [5, 5.41) is 8.76. The molecule has 2 aromatic rings. The monoisotopic (exact) mass is 537 g/mol. The standard InChI is InChI=1S/C33H38F3NO2/c1-2-3-4-5-22-6-8-23(9-7-22)10-11-24-12-14-25(15-13-24)26-16-17-28(30(34)18-26)33(38)39-27-19-31(35)29(21-37)32(36)20-27/h10-11,16-20,22-25H,2-9,12-15H2,1H3/b11-10+. The summed E-state index contributed by atoms with van der Waals surface area (Å²) in [5.41, 5.74) is -0.222. The molecule has 2 fully saturated rings. The molecule has 0 aliphatic heterocycles. The molecule has 39 heavy (non-hydrogen) atoms. The smallest absolute Gasteiger partial charge is 0.346 e. The maximum Gasteiger partial charge on any atom is 0.346 e. The number of benzene rings is 2. The Kier molecular flexibility index (Phi) is 10.3. The number of esters is 1. The van der Waals surface area contributed by atoms with E-state index in [2.05, 4.69) is 19.1 Å². The number of nitriles is 1. The maximum atomic E-state index is 14.8. The van der Waals surface area contributed by atoms with Crippen LogP contribution in [0.5, 0.6) is 5.75 Å². The van der Waals surface area contributed by atoms with Crippen LogP contribution in [0.4, 0.5) is 13.2 Å². The molecule has 0 radical (unpaired) electrons. The first-order valence-electron chi connectivity index (χ1n) is 14.5. The highest BCUT2D eigenvalue weighted by Crippen LogP contribution is 2.38. The van der Waals surface area contributed by atoms with Gasteiger partial charge in [-0.15, -0.1) is 0 Å². The molecule has 208 valence electrons. The molecule has 4 rings (SSSR count). The van der Waals surface area contributed by atoms with Crippen LogP contribution in [0.2, 0.25) is 0 Å². The molecule has 0 unspecified atom stereocenters. The largest absolute Gasteiger partial charge is 0.423 e. The summed E-state index contributed by atoms with van der Waals surface area (Å²) in [4.78, 5) is 12.4. The second-order valence-electron chi connectivity index (χ2n) is 11.3. The molecule has 0 spiro atoms. The van der Waals surface area contributed by atoms with E-state index in [1.165, 1.54) is 69.6 Å². The molecular weight excluding hydrogens is 499 g/mol. The lowest BCUT2D eigenvalue weighted by Crippen LogP contribution is -2.15. The van der Waals surface area contributed by atoms with Crippen LogP contribution in [0.3, 0.4) is 0 Å². The predicted molar refractivity (Wildman–Crippen MR) is 146 cm³/mol. The minimum absolute atomic E-state index is 0.231. The molecule has 3 nitrogen and oxygen atoms in total. The number of carbonyl (C=O) groups is 1. The lowest BCUT2D eigenvalue weighted by atomic mass is 9.76. The van der Waals surface area contributed by atoms with Crippen LogP contribution in [0.1, 0.15) is 111 Å². The van der Waals surface area contributed by atoms with E-state index < -0.39 is 34.7 Å². The number of allylic oxidation sites excluding steroid dienone is 2. The minimum atomic E-state index is -1.15. The summed E-state index contributed by atoms with van der Waals surface area (Å²) in [6.07, 6.45) is 19.7. The quantitative estimate of drug-likeness (QED) is 0.139. The SMILES string of the molecule is CCCCCC1CCC(/C=C/C2CCC(c3ccc(C(=O)Oc4cc(F)c(C#N)c(F)c4)c(F)c3)CC2)CC1. The Morgan fingerprint density at radius 2 is 1.51 bits per heavy atom. The molecule has 2 saturated carbocycles. The Bertz CT molecular complexity index is 1180. The van der Waals surface area contributed by atoms with Gasteiger partial charge in [0.05, 0.1) is 5.56 Å². The van der Waals surface area contributed by atoms with E-state index in [1.54, 1.807) is 6.07 Å². The number of hydrogen-bond donors (Lipinski definition) is 0. The van der Waals surface area contributed by atoms with Crippen LogP contribution in [0.25, 0.3) is 0 Å². The number of carbonyl (C=O) groups excluding carboxylic acids is 1. The van der Waals surface area contributed by atoms with E-state index in [1.807, 2.05) is 0 Å². The van der Waals surface area contributed by atoms with E-state index in [0.29, 0.717) is 11.8 Å². The highest BCUT2D eigenvalue weighted by molar-refractivity contribution is 5.91. The van der Waals surface area contributed by atoms with E-state index in [0.717, 1.165) is 49.3 Å². The third-order valence-corrected chi connectivity index (χ3v) is 8.56. The third-order valence-electron chi connectivity index (χ3n) is 8.56. The van der Waals surface area contributed by atoms with Crippen molar-refractivity contribution < 1.29 is 22.7 Å². The summed E-state index contributed by atoms with van der Waals surface area (Å²) in [5.74, 6) is -2.06. The van der Waals surface area contributed by atoms with Gasteiger partial charge >= 0.3 is 5.97 Å². The predicted octanol–water partition coefficient (Wildman–Crippen LogP) is 9.41. The Morgan fingerprint density at radius 1 is 0.897 bits per heavy atom. The topological polar surface area (TPSA) is 50.1 Å². The van der Waals surface area contributed by atoms with Crippen molar-refractivity contribution in [2.75, 3.05) is 0 Å². The van der Waals surface area contributed by atoms with Gasteiger partial charge in [0.1, 0.15) is 34.8 Å². The summed E-state index contributed by atoms with van der Waals surface area (Å²) >= 11 is 0. The first-order chi connectivity index (χ1) is 18.9. The van der Waals surface area contributed by atoms with Crippen molar-refractivity contribution in [3.63, 3.8) is 0 Å². The van der Waals surface area contributed by atoms with Gasteiger partial charge < -0.3 is 4.74 Å². The number of hydrogen-bond acceptors (Lipinski definition) is 3. The molecular formula is C33H38F3NO2. The van der Waals surface area contributed by atoms with Crippen LogP contribution in [-0.4, -0.2) is 5.97 Å². The second kappa shape index (κ2) is 13.8. The molecule has 6 heteroatoms. The summed E-state index contributed by atoms with van der Waals surface area (Å²) in [6.45, 7) is 2.26. The number of nitrogens with zero attached hydrogens (tertiary/aromatic N) is 1. The van der Waals surface area contributed by atoms with Gasteiger partial charge in [-0.1, -0.05) is 50.8 Å². The van der Waals surface area contributed by atoms with Gasteiger partial charge in [0.2, 0.25) is 0 Å². The number of rotatable bonds is 9. The number of ether oxygens (including phenoxy) is 1. The zero-order chi connectivity index (χ0) is 27.8. The molecule has 0 aromatic heterocycles. The van der Waals surface area contributed by atoms with Crippen molar-refractivity contribution in [1.82, 2.24) is 0 Å². The highest BCUT2D eigenvalue weighted by atomic mass is 19.1. The normalized spacial score (nSPS) is 23.5. The van der Waals surface area contributed by atoms with Gasteiger partial charge in [-0.05, 0) is 92.7 Å². The first-order valence-corrected chi connectivity index (χ1v) is 14.5. The van der Waals surface area contributed by atoms with Crippen molar-refractivity contribution in [3.8, 4) is 11.8 Å². The Balaban J connectivity index is 1.26. The lowest BCUT2D eigenvalue weighted by Gasteiger charge is -2.29. The molecule has 0 bridgehead atoms. The lowest BCUT2D eigenvalue weighted by molar-refractivity contribution is 0.0729. The van der Waals surface area contributed by atoms with Gasteiger partial charge in [0.15, 0.2) is 0 Å².